The van der Waals surface area contributed by atoms with Crippen LogP contribution in [0.25, 0.3) is 0 Å². The van der Waals surface area contributed by atoms with E-state index in [0.717, 1.165) is 12.0 Å². The van der Waals surface area contributed by atoms with E-state index >= 15 is 0 Å². The van der Waals surface area contributed by atoms with Gasteiger partial charge in [-0.25, -0.2) is 0 Å². The summed E-state index contributed by atoms with van der Waals surface area (Å²) in [4.78, 5) is 23.7. The summed E-state index contributed by atoms with van der Waals surface area (Å²) in [5.74, 6) is 1.02. The first kappa shape index (κ1) is 23.2. The van der Waals surface area contributed by atoms with Crippen LogP contribution in [0.5, 0.6) is 11.5 Å². The number of carbonyl (C=O) groups excluding carboxylic acids is 2. The van der Waals surface area contributed by atoms with E-state index in [2.05, 4.69) is 19.9 Å². The van der Waals surface area contributed by atoms with Gasteiger partial charge in [-0.15, -0.1) is 0 Å². The van der Waals surface area contributed by atoms with Gasteiger partial charge in [-0.2, -0.15) is 0 Å². The molecular weight excluding hydrogens is 388 g/mol. The van der Waals surface area contributed by atoms with Crippen LogP contribution in [0.4, 0.5) is 0 Å². The van der Waals surface area contributed by atoms with Crippen LogP contribution in [-0.2, 0) is 11.2 Å². The van der Waals surface area contributed by atoms with Crippen molar-refractivity contribution in [2.75, 3.05) is 7.11 Å². The third kappa shape index (κ3) is 4.42. The van der Waals surface area contributed by atoms with Gasteiger partial charge >= 0.3 is 0 Å². The maximum atomic E-state index is 12.2. The number of hydrogen-bond acceptors (Lipinski definition) is 4. The van der Waals surface area contributed by atoms with Crippen molar-refractivity contribution < 1.29 is 19.4 Å². The summed E-state index contributed by atoms with van der Waals surface area (Å²) in [5, 5.41) is 10.7. The maximum absolute atomic E-state index is 12.2. The normalized spacial score (nSPS) is 25.5. The number of aromatic hydroxyl groups is 1. The van der Waals surface area contributed by atoms with E-state index in [1.165, 1.54) is 7.11 Å². The molecule has 0 spiro atoms. The van der Waals surface area contributed by atoms with Gasteiger partial charge in [0.1, 0.15) is 17.3 Å². The van der Waals surface area contributed by atoms with E-state index in [-0.39, 0.29) is 22.1 Å². The lowest BCUT2D eigenvalue weighted by atomic mass is 9.61. The summed E-state index contributed by atoms with van der Waals surface area (Å²) in [6, 6.07) is 0. The highest BCUT2D eigenvalue weighted by Gasteiger charge is 2.41. The lowest BCUT2D eigenvalue weighted by molar-refractivity contribution is -0.129. The summed E-state index contributed by atoms with van der Waals surface area (Å²) in [5.41, 5.74) is 2.15. The van der Waals surface area contributed by atoms with Crippen LogP contribution < -0.4 is 4.74 Å². The average molecular weight is 419 g/mol. The number of carbonyl (C=O) groups is 2. The average Bonchev–Trinajstić information content (AvgIpc) is 2.71. The number of phenols is 1. The summed E-state index contributed by atoms with van der Waals surface area (Å²) in [7, 11) is 1.47. The summed E-state index contributed by atoms with van der Waals surface area (Å²) in [6.45, 7) is 10.0. The fourth-order valence-corrected chi connectivity index (χ4v) is 4.26. The van der Waals surface area contributed by atoms with Gasteiger partial charge in [0, 0.05) is 17.9 Å². The predicted molar refractivity (Wildman–Crippen MR) is 117 cm³/mol. The number of phenolic OH excluding ortho intramolecular Hbond substituents is 1. The molecule has 1 aliphatic carbocycles. The molecule has 0 radical (unpaired) electrons. The molecule has 3 unspecified atom stereocenters. The first-order valence-electron chi connectivity index (χ1n) is 10.00. The zero-order valence-corrected chi connectivity index (χ0v) is 18.9. The number of methoxy groups -OCH3 is 1. The zero-order chi connectivity index (χ0) is 21.9. The number of hydrogen-bond donors (Lipinski definition) is 1. The number of ether oxygens (including phenoxy) is 1. The van der Waals surface area contributed by atoms with E-state index in [1.54, 1.807) is 6.92 Å². The van der Waals surface area contributed by atoms with Crippen molar-refractivity contribution in [2.24, 2.45) is 17.3 Å². The van der Waals surface area contributed by atoms with Gasteiger partial charge in [0.2, 0.25) is 0 Å². The maximum Gasteiger partial charge on any atom is 0.154 e. The molecule has 2 rings (SSSR count). The molecule has 1 fully saturated rings. The van der Waals surface area contributed by atoms with Crippen LogP contribution in [0.2, 0.25) is 5.02 Å². The highest BCUT2D eigenvalue weighted by molar-refractivity contribution is 6.33. The lowest BCUT2D eigenvalue weighted by Gasteiger charge is -2.42. The third-order valence-electron chi connectivity index (χ3n) is 6.70. The van der Waals surface area contributed by atoms with E-state index in [9.17, 15) is 14.7 Å². The summed E-state index contributed by atoms with van der Waals surface area (Å²) in [6.07, 6.45) is 8.77. The second-order valence-corrected chi connectivity index (χ2v) is 8.69. The Hall–Kier alpha value is -2.07. The molecule has 0 aromatic heterocycles. The molecule has 4 nitrogen and oxygen atoms in total. The van der Waals surface area contributed by atoms with Crippen molar-refractivity contribution in [2.45, 2.75) is 53.9 Å². The number of allylic oxidation sites excluding steroid dienone is 4. The highest BCUT2D eigenvalue weighted by atomic mass is 35.5. The highest BCUT2D eigenvalue weighted by Crippen LogP contribution is 2.45. The zero-order valence-electron chi connectivity index (χ0n) is 18.1. The van der Waals surface area contributed by atoms with Gasteiger partial charge in [0.05, 0.1) is 17.7 Å². The smallest absolute Gasteiger partial charge is 0.154 e. The molecule has 0 amide bonds. The molecule has 0 saturated heterocycles. The molecule has 5 heteroatoms. The number of benzene rings is 1. The Labute approximate surface area is 178 Å². The fraction of sp³-hybridized carbons (Fsp3) is 0.500. The predicted octanol–water partition coefficient (Wildman–Crippen LogP) is 5.86. The molecule has 158 valence electrons. The molecule has 29 heavy (non-hydrogen) atoms. The second kappa shape index (κ2) is 9.17. The molecule has 0 aliphatic heterocycles. The van der Waals surface area contributed by atoms with Gasteiger partial charge in [0.25, 0.3) is 0 Å². The van der Waals surface area contributed by atoms with Crippen LogP contribution in [0.1, 0.15) is 62.0 Å². The summed E-state index contributed by atoms with van der Waals surface area (Å²) >= 11 is 6.21. The topological polar surface area (TPSA) is 63.6 Å². The molecule has 1 saturated carbocycles. The molecule has 1 aromatic rings. The minimum Gasteiger partial charge on any atom is -0.506 e. The van der Waals surface area contributed by atoms with Crippen LogP contribution in [0.15, 0.2) is 23.8 Å². The van der Waals surface area contributed by atoms with Crippen LogP contribution in [0.3, 0.4) is 0 Å². The SMILES string of the molecule is COc1c(C=O)c(C)c(Cl)c(O)c1C/C=C(C)/C=C/C1(C)C(C)CCC(=O)C1C. The molecule has 1 aliphatic rings. The van der Waals surface area contributed by atoms with Crippen molar-refractivity contribution in [1.82, 2.24) is 0 Å². The molecule has 0 bridgehead atoms. The van der Waals surface area contributed by atoms with Gasteiger partial charge < -0.3 is 9.84 Å². The second-order valence-electron chi connectivity index (χ2n) is 8.31. The molecular formula is C24H31ClO4. The van der Waals surface area contributed by atoms with Crippen molar-refractivity contribution >= 4 is 23.7 Å². The quantitative estimate of drug-likeness (QED) is 0.464. The Kier molecular flexibility index (Phi) is 7.34. The largest absolute Gasteiger partial charge is 0.506 e. The van der Waals surface area contributed by atoms with Gasteiger partial charge in [-0.3, -0.25) is 9.59 Å². The van der Waals surface area contributed by atoms with Crippen molar-refractivity contribution in [3.63, 3.8) is 0 Å². The number of halogens is 1. The Morgan fingerprint density at radius 3 is 2.62 bits per heavy atom. The standard InChI is InChI=1S/C24H31ClO4/c1-14(11-12-24(5)15(2)8-10-20(27)17(24)4)7-9-18-22(28)21(25)16(3)19(13-26)23(18)29-6/h7,11-13,15,17,28H,8-10H2,1-6H3/b12-11+,14-7+. The van der Waals surface area contributed by atoms with Crippen LogP contribution in [0, 0.1) is 24.2 Å². The van der Waals surface area contributed by atoms with Crippen LogP contribution in [-0.4, -0.2) is 24.3 Å². The molecule has 0 heterocycles. The molecule has 1 aromatic carbocycles. The van der Waals surface area contributed by atoms with Gasteiger partial charge in [0.15, 0.2) is 6.29 Å². The van der Waals surface area contributed by atoms with E-state index in [4.69, 9.17) is 16.3 Å². The minimum atomic E-state index is -0.178. The number of rotatable bonds is 6. The Balaban J connectivity index is 2.33. The molecule has 1 N–H and O–H groups in total. The van der Waals surface area contributed by atoms with Crippen molar-refractivity contribution in [3.8, 4) is 11.5 Å². The van der Waals surface area contributed by atoms with Crippen molar-refractivity contribution in [1.29, 1.82) is 0 Å². The Morgan fingerprint density at radius 2 is 2.03 bits per heavy atom. The number of ketones is 1. The Bertz CT molecular complexity index is 868. The van der Waals surface area contributed by atoms with E-state index in [0.29, 0.717) is 53.3 Å². The third-order valence-corrected chi connectivity index (χ3v) is 7.17. The van der Waals surface area contributed by atoms with Gasteiger partial charge in [-0.05, 0) is 43.6 Å². The monoisotopic (exact) mass is 418 g/mol. The number of Topliss-reactive ketones (excluding diaryl/α,β-unsaturated/α-hetero) is 1. The first-order chi connectivity index (χ1) is 13.6. The minimum absolute atomic E-state index is 0.00880. The van der Waals surface area contributed by atoms with E-state index < -0.39 is 0 Å². The lowest BCUT2D eigenvalue weighted by Crippen LogP contribution is -2.40. The van der Waals surface area contributed by atoms with Crippen LogP contribution >= 0.6 is 11.6 Å². The van der Waals surface area contributed by atoms with E-state index in [1.807, 2.05) is 26.0 Å². The van der Waals surface area contributed by atoms with Gasteiger partial charge in [-0.1, -0.05) is 56.2 Å². The first-order valence-corrected chi connectivity index (χ1v) is 10.4. The Morgan fingerprint density at radius 1 is 1.38 bits per heavy atom. The summed E-state index contributed by atoms with van der Waals surface area (Å²) < 4.78 is 5.39. The molecule has 3 atom stereocenters. The number of aldehydes is 1. The van der Waals surface area contributed by atoms with Crippen molar-refractivity contribution in [3.05, 3.63) is 45.5 Å². The fourth-order valence-electron chi connectivity index (χ4n) is 4.04.